The van der Waals surface area contributed by atoms with Crippen molar-refractivity contribution >= 4 is 17.7 Å². The zero-order valence-electron chi connectivity index (χ0n) is 10.2. The third-order valence-corrected chi connectivity index (χ3v) is 3.62. The van der Waals surface area contributed by atoms with Gasteiger partial charge in [-0.3, -0.25) is 0 Å². The summed E-state index contributed by atoms with van der Waals surface area (Å²) in [6.07, 6.45) is 3.06. The van der Waals surface area contributed by atoms with E-state index in [0.717, 1.165) is 36.7 Å². The lowest BCUT2D eigenvalue weighted by Crippen LogP contribution is -2.07. The normalized spacial score (nSPS) is 12.7. The van der Waals surface area contributed by atoms with E-state index in [1.807, 2.05) is 11.8 Å². The maximum absolute atomic E-state index is 5.66. The molecule has 1 heterocycles. The Labute approximate surface area is 101 Å². The molecule has 2 N–H and O–H groups in total. The van der Waals surface area contributed by atoms with Gasteiger partial charge in [-0.15, -0.1) is 0 Å². The molecule has 90 valence electrons. The molecule has 0 aromatic carbocycles. The Morgan fingerprint density at radius 1 is 1.19 bits per heavy atom. The fourth-order valence-corrected chi connectivity index (χ4v) is 2.02. The van der Waals surface area contributed by atoms with Crippen LogP contribution in [0.3, 0.4) is 0 Å². The van der Waals surface area contributed by atoms with E-state index in [0.29, 0.717) is 11.2 Å². The summed E-state index contributed by atoms with van der Waals surface area (Å²) in [6.45, 7) is 6.50. The molecule has 0 saturated heterocycles. The molecular formula is C11H20N4S. The summed E-state index contributed by atoms with van der Waals surface area (Å²) in [7, 11) is 0. The fraction of sp³-hybridized carbons (Fsp3) is 0.727. The van der Waals surface area contributed by atoms with Gasteiger partial charge in [-0.05, 0) is 12.8 Å². The van der Waals surface area contributed by atoms with Gasteiger partial charge in [-0.1, -0.05) is 20.8 Å². The third kappa shape index (κ3) is 4.35. The Morgan fingerprint density at radius 3 is 2.50 bits per heavy atom. The van der Waals surface area contributed by atoms with Crippen LogP contribution in [0.25, 0.3) is 0 Å². The summed E-state index contributed by atoms with van der Waals surface area (Å²) in [5.74, 6) is 2.78. The monoisotopic (exact) mass is 240 g/mol. The number of aromatic nitrogens is 3. The van der Waals surface area contributed by atoms with Gasteiger partial charge in [0.05, 0.1) is 5.75 Å². The summed E-state index contributed by atoms with van der Waals surface area (Å²) in [4.78, 5) is 12.7. The lowest BCUT2D eigenvalue weighted by Gasteiger charge is -2.08. The number of rotatable bonds is 6. The van der Waals surface area contributed by atoms with Crippen LogP contribution in [-0.4, -0.2) is 20.2 Å². The van der Waals surface area contributed by atoms with Crippen LogP contribution in [0.1, 0.15) is 45.3 Å². The number of nitrogen functional groups attached to an aromatic ring is 1. The van der Waals surface area contributed by atoms with Crippen LogP contribution in [0.5, 0.6) is 0 Å². The summed E-state index contributed by atoms with van der Waals surface area (Å²) >= 11 is 1.86. The molecule has 4 nitrogen and oxygen atoms in total. The second kappa shape index (κ2) is 6.68. The standard InChI is InChI=1S/C11H20N4S/c1-4-6-9-13-10(15-11(12)14-9)7-16-8(3)5-2/h8H,4-7H2,1-3H3,(H2,12,13,14,15). The van der Waals surface area contributed by atoms with Gasteiger partial charge in [0.2, 0.25) is 5.95 Å². The number of hydrogen-bond donors (Lipinski definition) is 1. The Kier molecular flexibility index (Phi) is 5.52. The zero-order valence-corrected chi connectivity index (χ0v) is 11.0. The first-order valence-corrected chi connectivity index (χ1v) is 6.81. The first-order chi connectivity index (χ1) is 7.65. The van der Waals surface area contributed by atoms with Crippen molar-refractivity contribution in [1.82, 2.24) is 15.0 Å². The Bertz CT molecular complexity index is 330. The molecule has 1 aromatic rings. The van der Waals surface area contributed by atoms with Crippen LogP contribution in [0, 0.1) is 0 Å². The van der Waals surface area contributed by atoms with Crippen LogP contribution in [0.4, 0.5) is 5.95 Å². The molecular weight excluding hydrogens is 220 g/mol. The summed E-state index contributed by atoms with van der Waals surface area (Å²) in [5, 5.41) is 0.632. The quantitative estimate of drug-likeness (QED) is 0.827. The summed E-state index contributed by atoms with van der Waals surface area (Å²) in [6, 6.07) is 0. The number of anilines is 1. The van der Waals surface area contributed by atoms with Crippen LogP contribution < -0.4 is 5.73 Å². The smallest absolute Gasteiger partial charge is 0.223 e. The van der Waals surface area contributed by atoms with E-state index < -0.39 is 0 Å². The molecule has 16 heavy (non-hydrogen) atoms. The minimum atomic E-state index is 0.346. The average molecular weight is 240 g/mol. The van der Waals surface area contributed by atoms with Crippen molar-refractivity contribution in [2.24, 2.45) is 0 Å². The molecule has 0 saturated carbocycles. The van der Waals surface area contributed by atoms with Crippen molar-refractivity contribution in [3.8, 4) is 0 Å². The van der Waals surface area contributed by atoms with Crippen molar-refractivity contribution in [3.05, 3.63) is 11.6 Å². The molecule has 0 amide bonds. The van der Waals surface area contributed by atoms with Gasteiger partial charge >= 0.3 is 0 Å². The second-order valence-corrected chi connectivity index (χ2v) is 5.23. The third-order valence-electron chi connectivity index (χ3n) is 2.29. The van der Waals surface area contributed by atoms with Gasteiger partial charge in [0, 0.05) is 11.7 Å². The van der Waals surface area contributed by atoms with Crippen molar-refractivity contribution in [2.45, 2.75) is 51.0 Å². The highest BCUT2D eigenvalue weighted by molar-refractivity contribution is 7.99. The predicted octanol–water partition coefficient (Wildman–Crippen LogP) is 2.44. The SMILES string of the molecule is CCCc1nc(N)nc(CSC(C)CC)n1. The van der Waals surface area contributed by atoms with Crippen LogP contribution >= 0.6 is 11.8 Å². The first kappa shape index (κ1) is 13.2. The van der Waals surface area contributed by atoms with Crippen molar-refractivity contribution in [2.75, 3.05) is 5.73 Å². The molecule has 0 spiro atoms. The maximum Gasteiger partial charge on any atom is 0.223 e. The van der Waals surface area contributed by atoms with Gasteiger partial charge in [0.25, 0.3) is 0 Å². The van der Waals surface area contributed by atoms with Crippen LogP contribution in [0.2, 0.25) is 0 Å². The Balaban J connectivity index is 2.64. The maximum atomic E-state index is 5.66. The average Bonchev–Trinajstić information content (AvgIpc) is 2.25. The van der Waals surface area contributed by atoms with Crippen molar-refractivity contribution < 1.29 is 0 Å². The highest BCUT2D eigenvalue weighted by Crippen LogP contribution is 2.18. The zero-order chi connectivity index (χ0) is 12.0. The molecule has 1 unspecified atom stereocenters. The van der Waals surface area contributed by atoms with Crippen LogP contribution in [0.15, 0.2) is 0 Å². The molecule has 5 heteroatoms. The molecule has 0 radical (unpaired) electrons. The molecule has 0 bridgehead atoms. The van der Waals surface area contributed by atoms with E-state index in [2.05, 4.69) is 35.7 Å². The molecule has 0 aliphatic rings. The van der Waals surface area contributed by atoms with E-state index in [1.54, 1.807) is 0 Å². The predicted molar refractivity (Wildman–Crippen MR) is 69.3 cm³/mol. The Hall–Kier alpha value is -0.840. The molecule has 0 aliphatic heterocycles. The molecule has 1 rings (SSSR count). The molecule has 1 atom stereocenters. The molecule has 0 fully saturated rings. The van der Waals surface area contributed by atoms with Gasteiger partial charge in [-0.2, -0.15) is 21.7 Å². The lowest BCUT2D eigenvalue weighted by molar-refractivity contribution is 0.801. The van der Waals surface area contributed by atoms with E-state index >= 15 is 0 Å². The van der Waals surface area contributed by atoms with Gasteiger partial charge < -0.3 is 5.73 Å². The molecule has 0 aliphatic carbocycles. The summed E-state index contributed by atoms with van der Waals surface area (Å²) in [5.41, 5.74) is 5.66. The number of thioether (sulfide) groups is 1. The summed E-state index contributed by atoms with van der Waals surface area (Å²) < 4.78 is 0. The van der Waals surface area contributed by atoms with Crippen molar-refractivity contribution in [1.29, 1.82) is 0 Å². The fourth-order valence-electron chi connectivity index (χ4n) is 1.22. The van der Waals surface area contributed by atoms with Crippen molar-refractivity contribution in [3.63, 3.8) is 0 Å². The topological polar surface area (TPSA) is 64.7 Å². The minimum absolute atomic E-state index is 0.346. The first-order valence-electron chi connectivity index (χ1n) is 5.76. The number of nitrogens with zero attached hydrogens (tertiary/aromatic N) is 3. The number of nitrogens with two attached hydrogens (primary N) is 1. The van der Waals surface area contributed by atoms with Crippen LogP contribution in [-0.2, 0) is 12.2 Å². The van der Waals surface area contributed by atoms with Gasteiger partial charge in [-0.25, -0.2) is 4.98 Å². The Morgan fingerprint density at radius 2 is 1.88 bits per heavy atom. The van der Waals surface area contributed by atoms with E-state index in [4.69, 9.17) is 5.73 Å². The second-order valence-electron chi connectivity index (χ2n) is 3.81. The number of aryl methyl sites for hydroxylation is 1. The minimum Gasteiger partial charge on any atom is -0.368 e. The number of hydrogen-bond acceptors (Lipinski definition) is 5. The highest BCUT2D eigenvalue weighted by atomic mass is 32.2. The van der Waals surface area contributed by atoms with Gasteiger partial charge in [0.15, 0.2) is 0 Å². The molecule has 1 aromatic heterocycles. The largest absolute Gasteiger partial charge is 0.368 e. The highest BCUT2D eigenvalue weighted by Gasteiger charge is 2.06. The van der Waals surface area contributed by atoms with E-state index in [1.165, 1.54) is 0 Å². The lowest BCUT2D eigenvalue weighted by atomic mass is 10.3. The van der Waals surface area contributed by atoms with E-state index in [9.17, 15) is 0 Å². The van der Waals surface area contributed by atoms with Gasteiger partial charge in [0.1, 0.15) is 11.6 Å². The van der Waals surface area contributed by atoms with E-state index in [-0.39, 0.29) is 0 Å².